The summed E-state index contributed by atoms with van der Waals surface area (Å²) < 4.78 is 31.3. The molecule has 248 valence electrons. The molecular formula is C37H44N4O5S. The maximum Gasteiger partial charge on any atom is 0.410 e. The summed E-state index contributed by atoms with van der Waals surface area (Å²) in [5.41, 5.74) is 2.44. The normalized spacial score (nSPS) is 22.1. The van der Waals surface area contributed by atoms with Crippen LogP contribution in [0.3, 0.4) is 0 Å². The second-order valence-corrected chi connectivity index (χ2v) is 15.8. The summed E-state index contributed by atoms with van der Waals surface area (Å²) in [6.45, 7) is 5.94. The molecule has 1 unspecified atom stereocenters. The second kappa shape index (κ2) is 13.5. The third kappa shape index (κ3) is 6.52. The number of carbonyl (C=O) groups excluding carboxylic acids is 2. The molecule has 0 bridgehead atoms. The van der Waals surface area contributed by atoms with Crippen LogP contribution in [0.4, 0.5) is 15.3 Å². The largest absolute Gasteiger partial charge is 0.445 e. The summed E-state index contributed by atoms with van der Waals surface area (Å²) in [6.07, 6.45) is 6.14. The van der Waals surface area contributed by atoms with Crippen molar-refractivity contribution < 1.29 is 22.7 Å². The van der Waals surface area contributed by atoms with E-state index in [1.54, 1.807) is 43.0 Å². The van der Waals surface area contributed by atoms with Crippen LogP contribution in [0.1, 0.15) is 71.3 Å². The monoisotopic (exact) mass is 656 g/mol. The molecule has 1 saturated carbocycles. The fourth-order valence-electron chi connectivity index (χ4n) is 7.21. The molecule has 2 atom stereocenters. The number of anilines is 1. The molecule has 1 spiro atoms. The molecule has 10 heteroatoms. The Morgan fingerprint density at radius 2 is 1.66 bits per heavy atom. The van der Waals surface area contributed by atoms with Crippen molar-refractivity contribution in [2.45, 2.75) is 100 Å². The van der Waals surface area contributed by atoms with E-state index in [0.29, 0.717) is 30.9 Å². The smallest absolute Gasteiger partial charge is 0.410 e. The lowest BCUT2D eigenvalue weighted by Crippen LogP contribution is -2.64. The van der Waals surface area contributed by atoms with E-state index in [1.807, 2.05) is 66.4 Å². The molecule has 1 N–H and O–H groups in total. The summed E-state index contributed by atoms with van der Waals surface area (Å²) in [6, 6.07) is 23.9. The molecular weight excluding hydrogens is 612 g/mol. The first-order chi connectivity index (χ1) is 22.6. The number of aliphatic imine (C=N–C) groups is 1. The number of piperidine rings is 1. The van der Waals surface area contributed by atoms with Crippen molar-refractivity contribution >= 4 is 33.5 Å². The molecule has 0 aromatic heterocycles. The van der Waals surface area contributed by atoms with Crippen LogP contribution in [0, 0.1) is 0 Å². The molecule has 1 saturated heterocycles. The Bertz CT molecular complexity index is 1740. The van der Waals surface area contributed by atoms with Crippen LogP contribution < -0.4 is 10.2 Å². The Labute approximate surface area is 277 Å². The number of hydrogen-bond donors (Lipinski definition) is 1. The van der Waals surface area contributed by atoms with Gasteiger partial charge in [0, 0.05) is 24.2 Å². The zero-order valence-corrected chi connectivity index (χ0v) is 28.2. The highest BCUT2D eigenvalue weighted by atomic mass is 32.2. The summed E-state index contributed by atoms with van der Waals surface area (Å²) >= 11 is 0. The molecule has 2 heterocycles. The van der Waals surface area contributed by atoms with E-state index in [1.165, 1.54) is 6.42 Å². The van der Waals surface area contributed by atoms with E-state index in [0.717, 1.165) is 42.4 Å². The molecule has 3 aromatic carbocycles. The Hall–Kier alpha value is -4.18. The minimum atomic E-state index is -3.43. The summed E-state index contributed by atoms with van der Waals surface area (Å²) in [5.74, 6) is 0.673. The molecule has 47 heavy (non-hydrogen) atoms. The molecule has 6 rings (SSSR count). The van der Waals surface area contributed by atoms with Gasteiger partial charge in [-0.05, 0) is 75.8 Å². The topological polar surface area (TPSA) is 108 Å². The zero-order chi connectivity index (χ0) is 33.2. The van der Waals surface area contributed by atoms with Crippen molar-refractivity contribution in [3.63, 3.8) is 0 Å². The van der Waals surface area contributed by atoms with Gasteiger partial charge in [-0.1, -0.05) is 79.9 Å². The van der Waals surface area contributed by atoms with E-state index in [2.05, 4.69) is 10.3 Å². The lowest BCUT2D eigenvalue weighted by Gasteiger charge is -2.48. The predicted octanol–water partition coefficient (Wildman–Crippen LogP) is 7.36. The van der Waals surface area contributed by atoms with Crippen LogP contribution in [-0.2, 0) is 21.2 Å². The quantitative estimate of drug-likeness (QED) is 0.285. The first kappa shape index (κ1) is 32.7. The first-order valence-corrected chi connectivity index (χ1v) is 18.3. The van der Waals surface area contributed by atoms with Crippen molar-refractivity contribution in [3.8, 4) is 11.1 Å². The van der Waals surface area contributed by atoms with Gasteiger partial charge in [-0.15, -0.1) is 0 Å². The summed E-state index contributed by atoms with van der Waals surface area (Å²) in [5, 5.41) is 3.17. The number of para-hydroxylation sites is 1. The minimum Gasteiger partial charge on any atom is -0.445 e. The maximum atomic E-state index is 14.0. The van der Waals surface area contributed by atoms with Crippen molar-refractivity contribution in [2.75, 3.05) is 11.4 Å². The van der Waals surface area contributed by atoms with Crippen LogP contribution in [0.2, 0.25) is 0 Å². The number of nitrogens with one attached hydrogen (secondary N) is 1. The van der Waals surface area contributed by atoms with E-state index in [-0.39, 0.29) is 35.7 Å². The number of amides is 3. The maximum absolute atomic E-state index is 14.0. The molecule has 2 fully saturated rings. The standard InChI is InChI=1S/C37H44N4O5S/c1-26(2)47(44,45)31-20-18-29(19-21-31)32-16-10-11-17-33(32)41-35(42)39-34(38-30-14-8-5-9-15-30)37(41)22-23-40(27(3)24-37)36(43)46-25-28-12-6-4-7-13-28/h4,6-7,10-13,16-21,26-27,30H,5,8-9,14-15,22-25H2,1-3H3,(H,38,39,42)/t27-,37?/m0/s1. The highest BCUT2D eigenvalue weighted by Crippen LogP contribution is 2.44. The third-order valence-corrected chi connectivity index (χ3v) is 12.0. The highest BCUT2D eigenvalue weighted by molar-refractivity contribution is 7.92. The molecule has 3 aliphatic rings. The third-order valence-electron chi connectivity index (χ3n) is 9.84. The average Bonchev–Trinajstić information content (AvgIpc) is 3.33. The van der Waals surface area contributed by atoms with Crippen molar-refractivity contribution in [1.29, 1.82) is 0 Å². The van der Waals surface area contributed by atoms with Gasteiger partial charge in [0.25, 0.3) is 0 Å². The van der Waals surface area contributed by atoms with Crippen LogP contribution in [-0.4, -0.2) is 60.7 Å². The van der Waals surface area contributed by atoms with Gasteiger partial charge in [0.15, 0.2) is 9.84 Å². The van der Waals surface area contributed by atoms with Gasteiger partial charge in [0.1, 0.15) is 18.0 Å². The van der Waals surface area contributed by atoms with Crippen molar-refractivity contribution in [2.24, 2.45) is 4.99 Å². The summed E-state index contributed by atoms with van der Waals surface area (Å²) in [4.78, 5) is 35.9. The van der Waals surface area contributed by atoms with Gasteiger partial charge < -0.3 is 15.0 Å². The van der Waals surface area contributed by atoms with Gasteiger partial charge in [-0.2, -0.15) is 4.99 Å². The van der Waals surface area contributed by atoms with Gasteiger partial charge in [-0.25, -0.2) is 18.0 Å². The van der Waals surface area contributed by atoms with Crippen LogP contribution >= 0.6 is 0 Å². The van der Waals surface area contributed by atoms with Crippen molar-refractivity contribution in [3.05, 3.63) is 84.4 Å². The molecule has 3 aromatic rings. The van der Waals surface area contributed by atoms with E-state index >= 15 is 0 Å². The van der Waals surface area contributed by atoms with E-state index < -0.39 is 20.6 Å². The van der Waals surface area contributed by atoms with Gasteiger partial charge in [0.2, 0.25) is 0 Å². The molecule has 0 radical (unpaired) electrons. The first-order valence-electron chi connectivity index (χ1n) is 16.7. The van der Waals surface area contributed by atoms with Gasteiger partial charge in [-0.3, -0.25) is 4.90 Å². The second-order valence-electron chi connectivity index (χ2n) is 13.3. The van der Waals surface area contributed by atoms with Gasteiger partial charge >= 0.3 is 12.1 Å². The van der Waals surface area contributed by atoms with Gasteiger partial charge in [0.05, 0.1) is 15.8 Å². The number of ether oxygens (including phenoxy) is 1. The summed E-state index contributed by atoms with van der Waals surface area (Å²) in [7, 11) is -3.43. The Kier molecular flexibility index (Phi) is 9.41. The van der Waals surface area contributed by atoms with Crippen LogP contribution in [0.5, 0.6) is 0 Å². The molecule has 9 nitrogen and oxygen atoms in total. The Morgan fingerprint density at radius 3 is 2.34 bits per heavy atom. The highest BCUT2D eigenvalue weighted by Gasteiger charge is 2.55. The number of nitrogens with zero attached hydrogens (tertiary/aromatic N) is 3. The zero-order valence-electron chi connectivity index (χ0n) is 27.4. The molecule has 2 aliphatic heterocycles. The average molecular weight is 657 g/mol. The van der Waals surface area contributed by atoms with Crippen LogP contribution in [0.25, 0.3) is 11.1 Å². The number of amidine groups is 1. The fourth-order valence-corrected chi connectivity index (χ4v) is 8.27. The molecule has 1 aliphatic carbocycles. The van der Waals surface area contributed by atoms with E-state index in [9.17, 15) is 18.0 Å². The fraction of sp³-hybridized carbons (Fsp3) is 0.432. The lowest BCUT2D eigenvalue weighted by molar-refractivity contribution is 0.0641. The lowest BCUT2D eigenvalue weighted by atomic mass is 9.80. The van der Waals surface area contributed by atoms with Crippen LogP contribution in [0.15, 0.2) is 88.8 Å². The SMILES string of the molecule is CC(C)S(=O)(=O)c1ccc(-c2ccccc2N2C(=O)N=C(NC3CCCCC3)C23CCN(C(=O)OCc2ccccc2)[C@@H](C)C3)cc1. The van der Waals surface area contributed by atoms with E-state index in [4.69, 9.17) is 4.74 Å². The number of rotatable bonds is 7. The Morgan fingerprint density at radius 1 is 0.979 bits per heavy atom. The Balaban J connectivity index is 1.32. The number of likely N-dealkylation sites (tertiary alicyclic amines) is 1. The number of benzene rings is 3. The number of urea groups is 1. The number of carbonyl (C=O) groups is 2. The number of sulfone groups is 1. The molecule has 3 amide bonds. The van der Waals surface area contributed by atoms with Crippen molar-refractivity contribution in [1.82, 2.24) is 10.2 Å². The minimum absolute atomic E-state index is 0.194. The predicted molar refractivity (Wildman–Crippen MR) is 184 cm³/mol. The number of hydrogen-bond acceptors (Lipinski definition) is 6.